The van der Waals surface area contributed by atoms with Gasteiger partial charge in [0.2, 0.25) is 0 Å². The van der Waals surface area contributed by atoms with Crippen LogP contribution in [-0.4, -0.2) is 9.55 Å². The number of fused-ring (bicyclic) bond motifs is 4. The largest absolute Gasteiger partial charge is 0.308 e. The lowest BCUT2D eigenvalue weighted by atomic mass is 9.97. The van der Waals surface area contributed by atoms with Gasteiger partial charge in [-0.15, -0.1) is 0 Å². The van der Waals surface area contributed by atoms with Gasteiger partial charge >= 0.3 is 0 Å². The molecule has 0 bridgehead atoms. The standard InChI is InChI=1S/C27H18N2/c1-2-10-21(11-3-1)29-25-14-7-17-28-27(25)24-16-15-20(18-26(24)29)23-13-6-9-19-8-4-5-12-22(19)23/h1-18H. The highest BCUT2D eigenvalue weighted by atomic mass is 15.0. The first kappa shape index (κ1) is 16.1. The quantitative estimate of drug-likeness (QED) is 0.321. The maximum atomic E-state index is 4.69. The Bertz CT molecular complexity index is 1490. The Labute approximate surface area is 168 Å². The van der Waals surface area contributed by atoms with Crippen molar-refractivity contribution in [2.75, 3.05) is 0 Å². The molecule has 6 rings (SSSR count). The van der Waals surface area contributed by atoms with Gasteiger partial charge in [0.1, 0.15) is 0 Å². The minimum absolute atomic E-state index is 1.04. The maximum absolute atomic E-state index is 4.69. The summed E-state index contributed by atoms with van der Waals surface area (Å²) in [6.45, 7) is 0. The molecule has 0 spiro atoms. The van der Waals surface area contributed by atoms with E-state index >= 15 is 0 Å². The predicted molar refractivity (Wildman–Crippen MR) is 122 cm³/mol. The van der Waals surface area contributed by atoms with Gasteiger partial charge in [-0.1, -0.05) is 66.7 Å². The van der Waals surface area contributed by atoms with E-state index in [1.54, 1.807) is 0 Å². The van der Waals surface area contributed by atoms with Gasteiger partial charge in [0.15, 0.2) is 0 Å². The summed E-state index contributed by atoms with van der Waals surface area (Å²) in [4.78, 5) is 4.69. The molecule has 0 aliphatic carbocycles. The number of hydrogen-bond acceptors (Lipinski definition) is 1. The van der Waals surface area contributed by atoms with Gasteiger partial charge in [0.25, 0.3) is 0 Å². The number of aromatic nitrogens is 2. The molecule has 0 atom stereocenters. The molecule has 136 valence electrons. The first-order valence-electron chi connectivity index (χ1n) is 9.83. The SMILES string of the molecule is c1ccc(-n2c3cc(-c4cccc5ccccc45)ccc3c3ncccc32)cc1. The zero-order valence-corrected chi connectivity index (χ0v) is 15.8. The van der Waals surface area contributed by atoms with E-state index in [9.17, 15) is 0 Å². The number of pyridine rings is 1. The van der Waals surface area contributed by atoms with Crippen LogP contribution in [0.15, 0.2) is 109 Å². The Balaban J connectivity index is 1.71. The van der Waals surface area contributed by atoms with E-state index in [1.807, 2.05) is 12.3 Å². The van der Waals surface area contributed by atoms with E-state index in [2.05, 4.69) is 107 Å². The third-order valence-electron chi connectivity index (χ3n) is 5.64. The Kier molecular flexibility index (Phi) is 3.50. The van der Waals surface area contributed by atoms with Crippen LogP contribution in [0.3, 0.4) is 0 Å². The molecule has 0 N–H and O–H groups in total. The Morgan fingerprint density at radius 1 is 0.586 bits per heavy atom. The molecule has 0 saturated heterocycles. The summed E-state index contributed by atoms with van der Waals surface area (Å²) < 4.78 is 2.31. The zero-order chi connectivity index (χ0) is 19.2. The molecular formula is C27H18N2. The van der Waals surface area contributed by atoms with E-state index in [1.165, 1.54) is 32.8 Å². The van der Waals surface area contributed by atoms with E-state index < -0.39 is 0 Å². The van der Waals surface area contributed by atoms with Crippen molar-refractivity contribution >= 4 is 32.7 Å². The van der Waals surface area contributed by atoms with Crippen molar-refractivity contribution in [1.82, 2.24) is 9.55 Å². The van der Waals surface area contributed by atoms with Crippen LogP contribution < -0.4 is 0 Å². The molecule has 4 aromatic carbocycles. The van der Waals surface area contributed by atoms with Crippen molar-refractivity contribution in [2.24, 2.45) is 0 Å². The highest BCUT2D eigenvalue weighted by Gasteiger charge is 2.14. The van der Waals surface area contributed by atoms with Crippen molar-refractivity contribution in [3.63, 3.8) is 0 Å². The molecule has 0 fully saturated rings. The van der Waals surface area contributed by atoms with Crippen LogP contribution >= 0.6 is 0 Å². The minimum atomic E-state index is 1.04. The molecule has 0 radical (unpaired) electrons. The Hall–Kier alpha value is -3.91. The number of rotatable bonds is 2. The third kappa shape index (κ3) is 2.46. The van der Waals surface area contributed by atoms with Crippen LogP contribution in [0.1, 0.15) is 0 Å². The van der Waals surface area contributed by atoms with Crippen LogP contribution in [0.5, 0.6) is 0 Å². The van der Waals surface area contributed by atoms with Crippen molar-refractivity contribution < 1.29 is 0 Å². The zero-order valence-electron chi connectivity index (χ0n) is 15.8. The number of nitrogens with zero attached hydrogens (tertiary/aromatic N) is 2. The van der Waals surface area contributed by atoms with Gasteiger partial charge in [0, 0.05) is 17.3 Å². The second-order valence-corrected chi connectivity index (χ2v) is 7.30. The lowest BCUT2D eigenvalue weighted by Gasteiger charge is -2.10. The smallest absolute Gasteiger partial charge is 0.0963 e. The van der Waals surface area contributed by atoms with Crippen LogP contribution in [0, 0.1) is 0 Å². The molecule has 2 heterocycles. The van der Waals surface area contributed by atoms with E-state index in [-0.39, 0.29) is 0 Å². The first-order chi connectivity index (χ1) is 14.4. The van der Waals surface area contributed by atoms with Crippen molar-refractivity contribution in [3.05, 3.63) is 109 Å². The normalized spacial score (nSPS) is 11.4. The summed E-state index contributed by atoms with van der Waals surface area (Å²) >= 11 is 0. The molecule has 2 nitrogen and oxygen atoms in total. The van der Waals surface area contributed by atoms with E-state index in [0.717, 1.165) is 16.7 Å². The Morgan fingerprint density at radius 3 is 2.34 bits per heavy atom. The third-order valence-corrected chi connectivity index (χ3v) is 5.64. The van der Waals surface area contributed by atoms with Gasteiger partial charge in [-0.25, -0.2) is 0 Å². The summed E-state index contributed by atoms with van der Waals surface area (Å²) in [6, 6.07) is 36.5. The van der Waals surface area contributed by atoms with Gasteiger partial charge in [-0.3, -0.25) is 4.98 Å². The lowest BCUT2D eigenvalue weighted by molar-refractivity contribution is 1.18. The number of para-hydroxylation sites is 1. The maximum Gasteiger partial charge on any atom is 0.0963 e. The van der Waals surface area contributed by atoms with Crippen molar-refractivity contribution in [3.8, 4) is 16.8 Å². The molecule has 0 aliphatic heterocycles. The molecular weight excluding hydrogens is 352 g/mol. The van der Waals surface area contributed by atoms with Gasteiger partial charge in [-0.05, 0) is 58.3 Å². The molecule has 0 unspecified atom stereocenters. The van der Waals surface area contributed by atoms with Crippen LogP contribution in [0.4, 0.5) is 0 Å². The summed E-state index contributed by atoms with van der Waals surface area (Å²) in [7, 11) is 0. The molecule has 2 heteroatoms. The van der Waals surface area contributed by atoms with Crippen LogP contribution in [0.2, 0.25) is 0 Å². The number of benzene rings is 4. The van der Waals surface area contributed by atoms with Gasteiger partial charge in [0.05, 0.1) is 16.6 Å². The number of hydrogen-bond donors (Lipinski definition) is 0. The first-order valence-corrected chi connectivity index (χ1v) is 9.83. The lowest BCUT2D eigenvalue weighted by Crippen LogP contribution is -1.93. The summed E-state index contributed by atoms with van der Waals surface area (Å²) in [5.41, 5.74) is 6.96. The highest BCUT2D eigenvalue weighted by molar-refractivity contribution is 6.09. The summed E-state index contributed by atoms with van der Waals surface area (Å²) in [5, 5.41) is 3.71. The van der Waals surface area contributed by atoms with Crippen LogP contribution in [-0.2, 0) is 0 Å². The van der Waals surface area contributed by atoms with E-state index in [4.69, 9.17) is 0 Å². The fraction of sp³-hybridized carbons (Fsp3) is 0. The fourth-order valence-corrected chi connectivity index (χ4v) is 4.33. The van der Waals surface area contributed by atoms with Crippen molar-refractivity contribution in [1.29, 1.82) is 0 Å². The molecule has 0 aliphatic rings. The average molecular weight is 370 g/mol. The van der Waals surface area contributed by atoms with Crippen molar-refractivity contribution in [2.45, 2.75) is 0 Å². The van der Waals surface area contributed by atoms with Crippen LogP contribution in [0.25, 0.3) is 49.5 Å². The second kappa shape index (κ2) is 6.32. The summed E-state index contributed by atoms with van der Waals surface area (Å²) in [6.07, 6.45) is 1.87. The molecule has 6 aromatic rings. The second-order valence-electron chi connectivity index (χ2n) is 7.30. The van der Waals surface area contributed by atoms with Gasteiger partial charge < -0.3 is 4.57 Å². The fourth-order valence-electron chi connectivity index (χ4n) is 4.33. The summed E-state index contributed by atoms with van der Waals surface area (Å²) in [5.74, 6) is 0. The molecule has 0 saturated carbocycles. The van der Waals surface area contributed by atoms with Gasteiger partial charge in [-0.2, -0.15) is 0 Å². The topological polar surface area (TPSA) is 17.8 Å². The highest BCUT2D eigenvalue weighted by Crippen LogP contribution is 2.35. The van der Waals surface area contributed by atoms with E-state index in [0.29, 0.717) is 0 Å². The molecule has 29 heavy (non-hydrogen) atoms. The Morgan fingerprint density at radius 2 is 1.41 bits per heavy atom. The molecule has 0 amide bonds. The monoisotopic (exact) mass is 370 g/mol. The average Bonchev–Trinajstić information content (AvgIpc) is 3.13. The minimum Gasteiger partial charge on any atom is -0.308 e. The predicted octanol–water partition coefficient (Wildman–Crippen LogP) is 7.00. The molecule has 2 aromatic heterocycles.